The molecule has 0 heterocycles. The highest BCUT2D eigenvalue weighted by atomic mass is 35.5. The van der Waals surface area contributed by atoms with Crippen molar-refractivity contribution in [1.29, 1.82) is 0 Å². The van der Waals surface area contributed by atoms with E-state index in [1.807, 2.05) is 19.2 Å². The van der Waals surface area contributed by atoms with Crippen LogP contribution in [-0.4, -0.2) is 7.05 Å². The highest BCUT2D eigenvalue weighted by molar-refractivity contribution is 7.98. The van der Waals surface area contributed by atoms with E-state index in [1.54, 1.807) is 11.8 Å². The maximum absolute atomic E-state index is 6.28. The molecule has 0 atom stereocenters. The van der Waals surface area contributed by atoms with Gasteiger partial charge in [-0.2, -0.15) is 0 Å². The van der Waals surface area contributed by atoms with Crippen molar-refractivity contribution in [2.24, 2.45) is 0 Å². The van der Waals surface area contributed by atoms with E-state index in [4.69, 9.17) is 11.6 Å². The van der Waals surface area contributed by atoms with Crippen molar-refractivity contribution in [2.75, 3.05) is 7.05 Å². The first kappa shape index (κ1) is 13.5. The van der Waals surface area contributed by atoms with Gasteiger partial charge in [-0.25, -0.2) is 0 Å². The molecule has 0 saturated heterocycles. The molecule has 94 valence electrons. The second-order valence-electron chi connectivity index (χ2n) is 4.07. The summed E-state index contributed by atoms with van der Waals surface area (Å²) >= 11 is 8.06. The molecule has 3 heteroatoms. The molecule has 0 aliphatic carbocycles. The zero-order valence-corrected chi connectivity index (χ0v) is 11.9. The SMILES string of the molecule is CNCc1ccc(SCc2ccccc2)c(Cl)c1. The lowest BCUT2D eigenvalue weighted by atomic mass is 10.2. The smallest absolute Gasteiger partial charge is 0.0545 e. The van der Waals surface area contributed by atoms with Crippen LogP contribution in [-0.2, 0) is 12.3 Å². The average molecular weight is 278 g/mol. The molecule has 0 bridgehead atoms. The largest absolute Gasteiger partial charge is 0.316 e. The Hall–Kier alpha value is -0.960. The molecule has 0 aromatic heterocycles. The van der Waals surface area contributed by atoms with Gasteiger partial charge in [0.1, 0.15) is 0 Å². The summed E-state index contributed by atoms with van der Waals surface area (Å²) in [4.78, 5) is 1.14. The fourth-order valence-electron chi connectivity index (χ4n) is 1.71. The molecule has 1 nitrogen and oxygen atoms in total. The average Bonchev–Trinajstić information content (AvgIpc) is 2.39. The first-order chi connectivity index (χ1) is 8.79. The second-order valence-corrected chi connectivity index (χ2v) is 5.49. The Labute approximate surface area is 118 Å². The molecule has 2 aromatic rings. The highest BCUT2D eigenvalue weighted by Crippen LogP contribution is 2.30. The van der Waals surface area contributed by atoms with Gasteiger partial charge >= 0.3 is 0 Å². The van der Waals surface area contributed by atoms with Crippen LogP contribution in [0, 0.1) is 0 Å². The summed E-state index contributed by atoms with van der Waals surface area (Å²) in [7, 11) is 1.94. The van der Waals surface area contributed by atoms with Crippen molar-refractivity contribution in [3.05, 3.63) is 64.7 Å². The van der Waals surface area contributed by atoms with Gasteiger partial charge in [-0.05, 0) is 30.3 Å². The predicted molar refractivity (Wildman–Crippen MR) is 80.2 cm³/mol. The quantitative estimate of drug-likeness (QED) is 0.816. The van der Waals surface area contributed by atoms with E-state index in [2.05, 4.69) is 41.7 Å². The van der Waals surface area contributed by atoms with Crippen LogP contribution in [0.15, 0.2) is 53.4 Å². The van der Waals surface area contributed by atoms with Crippen LogP contribution < -0.4 is 5.32 Å². The Bertz CT molecular complexity index is 499. The Morgan fingerprint density at radius 2 is 1.83 bits per heavy atom. The Kier molecular flexibility index (Phi) is 5.12. The zero-order valence-electron chi connectivity index (χ0n) is 10.3. The number of rotatable bonds is 5. The minimum Gasteiger partial charge on any atom is -0.316 e. The summed E-state index contributed by atoms with van der Waals surface area (Å²) in [5.74, 6) is 0.950. The van der Waals surface area contributed by atoms with Crippen molar-refractivity contribution in [2.45, 2.75) is 17.2 Å². The molecule has 2 rings (SSSR count). The summed E-state index contributed by atoms with van der Waals surface area (Å²) in [6.07, 6.45) is 0. The summed E-state index contributed by atoms with van der Waals surface area (Å²) in [6.45, 7) is 0.851. The summed E-state index contributed by atoms with van der Waals surface area (Å²) in [5.41, 5.74) is 2.53. The second kappa shape index (κ2) is 6.83. The van der Waals surface area contributed by atoms with Crippen LogP contribution in [0.25, 0.3) is 0 Å². The lowest BCUT2D eigenvalue weighted by Gasteiger charge is -2.07. The standard InChI is InChI=1S/C15H16ClNS/c1-17-10-13-7-8-15(14(16)9-13)18-11-12-5-3-2-4-6-12/h2-9,17H,10-11H2,1H3. The molecular formula is C15H16ClNS. The molecule has 0 unspecified atom stereocenters. The zero-order chi connectivity index (χ0) is 12.8. The van der Waals surface area contributed by atoms with Crippen molar-refractivity contribution < 1.29 is 0 Å². The molecule has 0 spiro atoms. The minimum absolute atomic E-state index is 0.837. The number of hydrogen-bond acceptors (Lipinski definition) is 2. The number of nitrogens with one attached hydrogen (secondary N) is 1. The molecule has 18 heavy (non-hydrogen) atoms. The van der Waals surface area contributed by atoms with Crippen LogP contribution in [0.5, 0.6) is 0 Å². The third-order valence-electron chi connectivity index (χ3n) is 2.61. The van der Waals surface area contributed by atoms with Gasteiger partial charge in [0.25, 0.3) is 0 Å². The molecule has 2 aromatic carbocycles. The van der Waals surface area contributed by atoms with Crippen molar-refractivity contribution in [1.82, 2.24) is 5.32 Å². The third kappa shape index (κ3) is 3.77. The maximum Gasteiger partial charge on any atom is 0.0545 e. The fourth-order valence-corrected chi connectivity index (χ4v) is 2.95. The molecule has 0 fully saturated rings. The Balaban J connectivity index is 2.01. The highest BCUT2D eigenvalue weighted by Gasteiger charge is 2.03. The van der Waals surface area contributed by atoms with E-state index in [9.17, 15) is 0 Å². The van der Waals surface area contributed by atoms with E-state index in [1.165, 1.54) is 11.1 Å². The Morgan fingerprint density at radius 3 is 2.50 bits per heavy atom. The van der Waals surface area contributed by atoms with Gasteiger partial charge in [0, 0.05) is 17.2 Å². The Morgan fingerprint density at radius 1 is 1.06 bits per heavy atom. The van der Waals surface area contributed by atoms with Crippen molar-refractivity contribution >= 4 is 23.4 Å². The third-order valence-corrected chi connectivity index (χ3v) is 4.18. The number of hydrogen-bond donors (Lipinski definition) is 1. The van der Waals surface area contributed by atoms with Crippen LogP contribution in [0.2, 0.25) is 5.02 Å². The van der Waals surface area contributed by atoms with E-state index in [0.717, 1.165) is 22.2 Å². The van der Waals surface area contributed by atoms with Gasteiger partial charge in [0.2, 0.25) is 0 Å². The maximum atomic E-state index is 6.28. The fraction of sp³-hybridized carbons (Fsp3) is 0.200. The number of halogens is 1. The molecule has 0 amide bonds. The van der Waals surface area contributed by atoms with Crippen LogP contribution >= 0.6 is 23.4 Å². The van der Waals surface area contributed by atoms with Gasteiger partial charge in [0.05, 0.1) is 5.02 Å². The molecular weight excluding hydrogens is 262 g/mol. The summed E-state index contributed by atoms with van der Waals surface area (Å²) in [5, 5.41) is 3.96. The molecule has 1 N–H and O–H groups in total. The molecule has 0 aliphatic heterocycles. The first-order valence-corrected chi connectivity index (χ1v) is 7.25. The number of benzene rings is 2. The monoisotopic (exact) mass is 277 g/mol. The number of thioether (sulfide) groups is 1. The predicted octanol–water partition coefficient (Wildman–Crippen LogP) is 4.35. The molecule has 0 saturated carbocycles. The molecule has 0 aliphatic rings. The summed E-state index contributed by atoms with van der Waals surface area (Å²) in [6, 6.07) is 16.7. The summed E-state index contributed by atoms with van der Waals surface area (Å²) < 4.78 is 0. The molecule has 0 radical (unpaired) electrons. The van der Waals surface area contributed by atoms with Crippen LogP contribution in [0.4, 0.5) is 0 Å². The van der Waals surface area contributed by atoms with Gasteiger partial charge in [-0.3, -0.25) is 0 Å². The van der Waals surface area contributed by atoms with Gasteiger partial charge in [0.15, 0.2) is 0 Å². The van der Waals surface area contributed by atoms with Gasteiger partial charge in [-0.1, -0.05) is 48.0 Å². The van der Waals surface area contributed by atoms with E-state index >= 15 is 0 Å². The van der Waals surface area contributed by atoms with Gasteiger partial charge in [-0.15, -0.1) is 11.8 Å². The lowest BCUT2D eigenvalue weighted by Crippen LogP contribution is -2.04. The van der Waals surface area contributed by atoms with Crippen LogP contribution in [0.3, 0.4) is 0 Å². The van der Waals surface area contributed by atoms with Crippen molar-refractivity contribution in [3.63, 3.8) is 0 Å². The topological polar surface area (TPSA) is 12.0 Å². The van der Waals surface area contributed by atoms with E-state index in [0.29, 0.717) is 0 Å². The lowest BCUT2D eigenvalue weighted by molar-refractivity contribution is 0.817. The van der Waals surface area contributed by atoms with E-state index in [-0.39, 0.29) is 0 Å². The normalized spacial score (nSPS) is 10.6. The van der Waals surface area contributed by atoms with Crippen LogP contribution in [0.1, 0.15) is 11.1 Å². The first-order valence-electron chi connectivity index (χ1n) is 5.89. The van der Waals surface area contributed by atoms with Gasteiger partial charge < -0.3 is 5.32 Å². The van der Waals surface area contributed by atoms with Crippen molar-refractivity contribution in [3.8, 4) is 0 Å². The van der Waals surface area contributed by atoms with E-state index < -0.39 is 0 Å². The minimum atomic E-state index is 0.837.